The van der Waals surface area contributed by atoms with Gasteiger partial charge in [-0.15, -0.1) is 0 Å². The number of rotatable bonds is 3. The highest BCUT2D eigenvalue weighted by atomic mass is 35.5. The van der Waals surface area contributed by atoms with Crippen LogP contribution in [-0.2, 0) is 6.54 Å². The van der Waals surface area contributed by atoms with Gasteiger partial charge < -0.3 is 4.42 Å². The SMILES string of the molecule is CCCCn1c(=O)cc(Cl)oc1=O. The second-order valence-corrected chi connectivity index (χ2v) is 3.03. The summed E-state index contributed by atoms with van der Waals surface area (Å²) in [5, 5.41) is -0.164. The van der Waals surface area contributed by atoms with Gasteiger partial charge in [0.25, 0.3) is 5.56 Å². The maximum Gasteiger partial charge on any atom is 0.423 e. The molecule has 0 aliphatic carbocycles. The summed E-state index contributed by atoms with van der Waals surface area (Å²) in [5.41, 5.74) is -0.408. The maximum atomic E-state index is 11.2. The molecule has 0 saturated heterocycles. The third-order valence-electron chi connectivity index (χ3n) is 1.64. The maximum absolute atomic E-state index is 11.2. The highest BCUT2D eigenvalue weighted by molar-refractivity contribution is 6.28. The molecule has 0 atom stereocenters. The molecule has 0 amide bonds. The fourth-order valence-electron chi connectivity index (χ4n) is 0.951. The second-order valence-electron chi connectivity index (χ2n) is 2.66. The minimum atomic E-state index is -0.689. The molecule has 1 aromatic rings. The van der Waals surface area contributed by atoms with Gasteiger partial charge in [-0.2, -0.15) is 0 Å². The van der Waals surface area contributed by atoms with Gasteiger partial charge in [-0.05, 0) is 18.0 Å². The van der Waals surface area contributed by atoms with E-state index in [0.717, 1.165) is 23.5 Å². The van der Waals surface area contributed by atoms with Gasteiger partial charge in [0.1, 0.15) is 0 Å². The Balaban J connectivity index is 3.07. The lowest BCUT2D eigenvalue weighted by atomic mass is 10.3. The number of hydrogen-bond donors (Lipinski definition) is 0. The minimum Gasteiger partial charge on any atom is -0.397 e. The van der Waals surface area contributed by atoms with Gasteiger partial charge in [-0.25, -0.2) is 9.36 Å². The van der Waals surface area contributed by atoms with Crippen molar-refractivity contribution in [3.8, 4) is 0 Å². The van der Waals surface area contributed by atoms with Crippen LogP contribution in [0.25, 0.3) is 0 Å². The molecule has 1 rings (SSSR count). The summed E-state index contributed by atoms with van der Waals surface area (Å²) in [6.45, 7) is 2.36. The molecule has 0 aromatic carbocycles. The summed E-state index contributed by atoms with van der Waals surface area (Å²) in [7, 11) is 0. The van der Waals surface area contributed by atoms with E-state index in [2.05, 4.69) is 4.42 Å². The largest absolute Gasteiger partial charge is 0.423 e. The lowest BCUT2D eigenvalue weighted by molar-refractivity contribution is 0.414. The number of nitrogens with zero attached hydrogens (tertiary/aromatic N) is 1. The van der Waals surface area contributed by atoms with Gasteiger partial charge in [-0.1, -0.05) is 13.3 Å². The van der Waals surface area contributed by atoms with Crippen molar-refractivity contribution in [3.05, 3.63) is 32.2 Å². The lowest BCUT2D eigenvalue weighted by Gasteiger charge is -2.00. The first kappa shape index (κ1) is 10.1. The Hall–Kier alpha value is -1.03. The fourth-order valence-corrected chi connectivity index (χ4v) is 1.11. The standard InChI is InChI=1S/C8H10ClNO3/c1-2-3-4-10-7(11)5-6(9)13-8(10)12/h5H,2-4H2,1H3. The Morgan fingerprint density at radius 1 is 1.54 bits per heavy atom. The molecule has 4 nitrogen and oxygen atoms in total. The molecular weight excluding hydrogens is 194 g/mol. The van der Waals surface area contributed by atoms with Crippen LogP contribution in [0.3, 0.4) is 0 Å². The zero-order chi connectivity index (χ0) is 9.84. The number of halogens is 1. The molecule has 0 fully saturated rings. The van der Waals surface area contributed by atoms with Crippen LogP contribution < -0.4 is 11.3 Å². The van der Waals surface area contributed by atoms with E-state index in [4.69, 9.17) is 11.6 Å². The second kappa shape index (κ2) is 4.28. The van der Waals surface area contributed by atoms with Gasteiger partial charge in [-0.3, -0.25) is 4.79 Å². The minimum absolute atomic E-state index is 0.164. The van der Waals surface area contributed by atoms with Crippen LogP contribution in [0.15, 0.2) is 20.1 Å². The van der Waals surface area contributed by atoms with Crippen LogP contribution in [0.4, 0.5) is 0 Å². The Kier molecular flexibility index (Phi) is 3.31. The van der Waals surface area contributed by atoms with Crippen LogP contribution in [0, 0.1) is 0 Å². The topological polar surface area (TPSA) is 52.2 Å². The molecule has 1 heterocycles. The van der Waals surface area contributed by atoms with E-state index in [9.17, 15) is 9.59 Å². The Morgan fingerprint density at radius 2 is 2.23 bits per heavy atom. The molecule has 72 valence electrons. The molecule has 0 spiro atoms. The Morgan fingerprint density at radius 3 is 2.77 bits per heavy atom. The highest BCUT2D eigenvalue weighted by Gasteiger charge is 2.03. The number of hydrogen-bond acceptors (Lipinski definition) is 3. The third-order valence-corrected chi connectivity index (χ3v) is 1.83. The lowest BCUT2D eigenvalue weighted by Crippen LogP contribution is -2.31. The van der Waals surface area contributed by atoms with Crippen LogP contribution in [0.2, 0.25) is 5.22 Å². The molecule has 0 radical (unpaired) electrons. The molecule has 0 saturated carbocycles. The summed E-state index contributed by atoms with van der Waals surface area (Å²) >= 11 is 5.38. The molecule has 0 aliphatic rings. The molecule has 13 heavy (non-hydrogen) atoms. The molecule has 1 aromatic heterocycles. The zero-order valence-electron chi connectivity index (χ0n) is 7.25. The van der Waals surface area contributed by atoms with E-state index in [1.807, 2.05) is 6.92 Å². The van der Waals surface area contributed by atoms with Crippen LogP contribution in [-0.4, -0.2) is 4.57 Å². The quantitative estimate of drug-likeness (QED) is 0.743. The Labute approximate surface area is 79.8 Å². The van der Waals surface area contributed by atoms with Crippen molar-refractivity contribution in [1.82, 2.24) is 4.57 Å². The molecule has 0 N–H and O–H groups in total. The van der Waals surface area contributed by atoms with Gasteiger partial charge >= 0.3 is 5.76 Å². The zero-order valence-corrected chi connectivity index (χ0v) is 8.00. The molecular formula is C8H10ClNO3. The van der Waals surface area contributed by atoms with Crippen molar-refractivity contribution in [1.29, 1.82) is 0 Å². The van der Waals surface area contributed by atoms with Crippen molar-refractivity contribution in [3.63, 3.8) is 0 Å². The van der Waals surface area contributed by atoms with Crippen molar-refractivity contribution >= 4 is 11.6 Å². The van der Waals surface area contributed by atoms with Crippen molar-refractivity contribution in [2.75, 3.05) is 0 Å². The van der Waals surface area contributed by atoms with Gasteiger partial charge in [0.2, 0.25) is 5.22 Å². The summed E-state index contributed by atoms with van der Waals surface area (Å²) < 4.78 is 5.60. The summed E-state index contributed by atoms with van der Waals surface area (Å²) in [6.07, 6.45) is 1.68. The van der Waals surface area contributed by atoms with Crippen molar-refractivity contribution < 1.29 is 4.42 Å². The van der Waals surface area contributed by atoms with Gasteiger partial charge in [0.15, 0.2) is 0 Å². The van der Waals surface area contributed by atoms with Crippen molar-refractivity contribution in [2.45, 2.75) is 26.3 Å². The molecule has 0 unspecified atom stereocenters. The number of unbranched alkanes of at least 4 members (excludes halogenated alkanes) is 1. The van der Waals surface area contributed by atoms with Crippen LogP contribution >= 0.6 is 11.6 Å². The molecule has 0 aliphatic heterocycles. The fraction of sp³-hybridized carbons (Fsp3) is 0.500. The smallest absolute Gasteiger partial charge is 0.397 e. The average molecular weight is 204 g/mol. The first-order valence-electron chi connectivity index (χ1n) is 4.05. The summed E-state index contributed by atoms with van der Waals surface area (Å²) in [6, 6.07) is 1.10. The Bertz CT molecular complexity index is 362. The van der Waals surface area contributed by atoms with Crippen LogP contribution in [0.1, 0.15) is 19.8 Å². The summed E-state index contributed by atoms with van der Waals surface area (Å²) in [5.74, 6) is -0.689. The first-order chi connectivity index (χ1) is 6.15. The van der Waals surface area contributed by atoms with Crippen molar-refractivity contribution in [2.24, 2.45) is 0 Å². The monoisotopic (exact) mass is 203 g/mol. The van der Waals surface area contributed by atoms with Crippen LogP contribution in [0.5, 0.6) is 0 Å². The molecule has 0 bridgehead atoms. The van der Waals surface area contributed by atoms with Gasteiger partial charge in [0.05, 0.1) is 6.07 Å². The van der Waals surface area contributed by atoms with E-state index in [1.54, 1.807) is 0 Å². The normalized spacial score (nSPS) is 10.3. The predicted octanol–water partition coefficient (Wildman–Crippen LogP) is 1.25. The number of aromatic nitrogens is 1. The van der Waals surface area contributed by atoms with E-state index in [-0.39, 0.29) is 5.22 Å². The van der Waals surface area contributed by atoms with E-state index in [0.29, 0.717) is 6.54 Å². The van der Waals surface area contributed by atoms with E-state index >= 15 is 0 Å². The molecule has 5 heteroatoms. The van der Waals surface area contributed by atoms with E-state index in [1.165, 1.54) is 0 Å². The van der Waals surface area contributed by atoms with E-state index < -0.39 is 11.3 Å². The highest BCUT2D eigenvalue weighted by Crippen LogP contribution is 1.98. The third kappa shape index (κ3) is 2.45. The average Bonchev–Trinajstić information content (AvgIpc) is 2.02. The summed E-state index contributed by atoms with van der Waals surface area (Å²) in [4.78, 5) is 22.3. The van der Waals surface area contributed by atoms with Gasteiger partial charge in [0, 0.05) is 6.54 Å². The predicted molar refractivity (Wildman–Crippen MR) is 49.2 cm³/mol. The first-order valence-corrected chi connectivity index (χ1v) is 4.43.